The summed E-state index contributed by atoms with van der Waals surface area (Å²) in [6.45, 7) is 10.7. The van der Waals surface area contributed by atoms with Gasteiger partial charge in [0.2, 0.25) is 0 Å². The molecule has 1 heterocycles. The molecule has 1 aromatic carbocycles. The van der Waals surface area contributed by atoms with Crippen LogP contribution >= 0.6 is 31.2 Å². The number of unbranched alkanes of at least 4 members (excludes halogenated alkanes) is 1. The number of allylic oxidation sites excluding steroid dienone is 4. The first-order valence-electron chi connectivity index (χ1n) is 9.14. The molecule has 26 heavy (non-hydrogen) atoms. The van der Waals surface area contributed by atoms with Crippen LogP contribution in [0.5, 0.6) is 0 Å². The maximum Gasteiger partial charge on any atom is 0.146 e. The van der Waals surface area contributed by atoms with E-state index in [-0.39, 0.29) is 0 Å². The van der Waals surface area contributed by atoms with Crippen molar-refractivity contribution >= 4 is 41.4 Å². The van der Waals surface area contributed by atoms with Crippen LogP contribution in [0.4, 0.5) is 0 Å². The average molecular weight is 406 g/mol. The largest absolute Gasteiger partial charge is 0.230 e. The molecule has 0 aliphatic carbocycles. The van der Waals surface area contributed by atoms with E-state index in [2.05, 4.69) is 75.4 Å². The van der Waals surface area contributed by atoms with Gasteiger partial charge in [-0.1, -0.05) is 42.0 Å². The Balaban J connectivity index is 1.84. The minimum atomic E-state index is -1.08. The molecular weight excluding hydrogens is 374 g/mol. The van der Waals surface area contributed by atoms with Gasteiger partial charge in [0.05, 0.1) is 10.2 Å². The fourth-order valence-corrected chi connectivity index (χ4v) is 8.47. The summed E-state index contributed by atoms with van der Waals surface area (Å²) in [5, 5.41) is 2.13. The third kappa shape index (κ3) is 6.33. The van der Waals surface area contributed by atoms with Crippen molar-refractivity contribution in [2.75, 3.05) is 12.0 Å². The van der Waals surface area contributed by atoms with Crippen molar-refractivity contribution in [3.8, 4) is 0 Å². The summed E-state index contributed by atoms with van der Waals surface area (Å²) in [5.41, 5.74) is 4.04. The summed E-state index contributed by atoms with van der Waals surface area (Å²) in [5.74, 6) is 1.16. The number of hydrogen-bond donors (Lipinski definition) is 0. The quantitative estimate of drug-likeness (QED) is 0.224. The molecule has 2 rings (SSSR count). The molecule has 0 aliphatic heterocycles. The Labute approximate surface area is 168 Å². The zero-order valence-electron chi connectivity index (χ0n) is 16.5. The van der Waals surface area contributed by atoms with E-state index in [1.54, 1.807) is 0 Å². The Hall–Kier alpha value is -0.970. The van der Waals surface area contributed by atoms with Gasteiger partial charge in [0, 0.05) is 5.75 Å². The van der Waals surface area contributed by atoms with Gasteiger partial charge in [0.15, 0.2) is 0 Å². The molecule has 2 aromatic rings. The molecule has 142 valence electrons. The zero-order chi connectivity index (χ0) is 19.0. The van der Waals surface area contributed by atoms with Crippen LogP contribution in [0.1, 0.15) is 46.5 Å². The van der Waals surface area contributed by atoms with Gasteiger partial charge in [0.1, 0.15) is 4.34 Å². The molecule has 1 nitrogen and oxygen atoms in total. The number of para-hydroxylation sites is 1. The molecule has 0 amide bonds. The number of hydrogen-bond acceptors (Lipinski definition) is 3. The predicted octanol–water partition coefficient (Wildman–Crippen LogP) is 8.35. The van der Waals surface area contributed by atoms with Crippen molar-refractivity contribution in [2.45, 2.75) is 50.8 Å². The van der Waals surface area contributed by atoms with Gasteiger partial charge in [-0.3, -0.25) is 0 Å². The van der Waals surface area contributed by atoms with Crippen LogP contribution in [0.15, 0.2) is 63.9 Å². The van der Waals surface area contributed by atoms with Gasteiger partial charge in [0.25, 0.3) is 0 Å². The fourth-order valence-electron chi connectivity index (χ4n) is 2.55. The summed E-state index contributed by atoms with van der Waals surface area (Å²) in [4.78, 5) is 4.88. The van der Waals surface area contributed by atoms with Crippen LogP contribution in [0.2, 0.25) is 0 Å². The smallest absolute Gasteiger partial charge is 0.146 e. The summed E-state index contributed by atoms with van der Waals surface area (Å²) in [6, 6.07) is 8.41. The molecule has 0 radical (unpaired) electrons. The van der Waals surface area contributed by atoms with Gasteiger partial charge in [-0.25, -0.2) is 4.98 Å². The normalized spacial score (nSPS) is 15.5. The molecule has 0 saturated heterocycles. The van der Waals surface area contributed by atoms with Gasteiger partial charge in [-0.15, -0.1) is 31.2 Å². The molecule has 0 N–H and O–H groups in total. The Kier molecular flexibility index (Phi) is 8.52. The minimum Gasteiger partial charge on any atom is -0.230 e. The fraction of sp³-hybridized carbons (Fsp3) is 0.409. The third-order valence-corrected chi connectivity index (χ3v) is 11.9. The molecule has 0 fully saturated rings. The van der Waals surface area contributed by atoms with Crippen molar-refractivity contribution in [3.63, 3.8) is 0 Å². The molecule has 1 aromatic heterocycles. The van der Waals surface area contributed by atoms with Gasteiger partial charge in [-0.2, -0.15) is 0 Å². The minimum absolute atomic E-state index is 1.08. The van der Waals surface area contributed by atoms with Gasteiger partial charge >= 0.3 is 0 Å². The van der Waals surface area contributed by atoms with Gasteiger partial charge < -0.3 is 0 Å². The molecule has 0 bridgehead atoms. The monoisotopic (exact) mass is 405 g/mol. The summed E-state index contributed by atoms with van der Waals surface area (Å²) < 4.78 is 2.52. The standard InChI is InChI=1S/C22H31NS3/c1-6-26(5,22-23-20-15-7-8-16-21(20)25-22)24-17-10-9-13-19(4)14-11-12-18(2)3/h6-8,12-13,15-16H,1,9-11,14,17H2,2-5H3. The highest BCUT2D eigenvalue weighted by Gasteiger charge is 2.22. The van der Waals surface area contributed by atoms with E-state index >= 15 is 0 Å². The van der Waals surface area contributed by atoms with E-state index in [0.717, 1.165) is 17.7 Å². The first kappa shape index (κ1) is 21.3. The van der Waals surface area contributed by atoms with E-state index in [9.17, 15) is 0 Å². The molecule has 4 heteroatoms. The highest BCUT2D eigenvalue weighted by molar-refractivity contribution is 8.95. The molecule has 1 atom stereocenters. The van der Waals surface area contributed by atoms with Crippen molar-refractivity contribution in [1.29, 1.82) is 0 Å². The SMILES string of the molecule is C=CS(C)(SCCCC=C(C)CCC=C(C)C)c1nc2ccccc2s1. The first-order chi connectivity index (χ1) is 12.4. The number of benzene rings is 1. The Morgan fingerprint density at radius 3 is 2.65 bits per heavy atom. The van der Waals surface area contributed by atoms with Crippen LogP contribution in [0.25, 0.3) is 10.2 Å². The summed E-state index contributed by atoms with van der Waals surface area (Å²) >= 11 is 1.83. The van der Waals surface area contributed by atoms with Crippen molar-refractivity contribution in [1.82, 2.24) is 4.98 Å². The van der Waals surface area contributed by atoms with Gasteiger partial charge in [-0.05, 0) is 70.3 Å². The lowest BCUT2D eigenvalue weighted by Gasteiger charge is -2.28. The van der Waals surface area contributed by atoms with E-state index in [4.69, 9.17) is 4.98 Å². The lowest BCUT2D eigenvalue weighted by Crippen LogP contribution is -1.91. The lowest BCUT2D eigenvalue weighted by atomic mass is 10.1. The van der Waals surface area contributed by atoms with Crippen molar-refractivity contribution in [2.24, 2.45) is 0 Å². The van der Waals surface area contributed by atoms with E-state index in [1.807, 2.05) is 22.1 Å². The van der Waals surface area contributed by atoms with Crippen LogP contribution in [0.3, 0.4) is 0 Å². The molecule has 0 saturated carbocycles. The van der Waals surface area contributed by atoms with E-state index in [0.29, 0.717) is 0 Å². The summed E-state index contributed by atoms with van der Waals surface area (Å²) in [6.07, 6.45) is 11.8. The molecule has 1 unspecified atom stereocenters. The van der Waals surface area contributed by atoms with E-state index < -0.39 is 9.06 Å². The molecule has 0 spiro atoms. The average Bonchev–Trinajstić information content (AvgIpc) is 3.05. The van der Waals surface area contributed by atoms with Crippen LogP contribution in [0, 0.1) is 0 Å². The second-order valence-corrected chi connectivity index (χ2v) is 14.1. The van der Waals surface area contributed by atoms with E-state index in [1.165, 1.54) is 39.4 Å². The highest BCUT2D eigenvalue weighted by atomic mass is 33.2. The number of fused-ring (bicyclic) bond motifs is 1. The van der Waals surface area contributed by atoms with Crippen LogP contribution in [-0.4, -0.2) is 17.0 Å². The second kappa shape index (κ2) is 10.4. The zero-order valence-corrected chi connectivity index (χ0v) is 18.9. The Morgan fingerprint density at radius 2 is 1.96 bits per heavy atom. The maximum absolute atomic E-state index is 4.88. The number of thiazole rings is 1. The Bertz CT molecular complexity index is 751. The lowest BCUT2D eigenvalue weighted by molar-refractivity contribution is 0.915. The maximum atomic E-state index is 4.88. The van der Waals surface area contributed by atoms with Crippen molar-refractivity contribution in [3.05, 3.63) is 59.6 Å². The van der Waals surface area contributed by atoms with Crippen LogP contribution in [-0.2, 0) is 0 Å². The molecular formula is C22H31NS3. The predicted molar refractivity (Wildman–Crippen MR) is 126 cm³/mol. The molecule has 0 aliphatic rings. The van der Waals surface area contributed by atoms with Crippen molar-refractivity contribution < 1.29 is 0 Å². The topological polar surface area (TPSA) is 12.9 Å². The highest BCUT2D eigenvalue weighted by Crippen LogP contribution is 2.65. The Morgan fingerprint density at radius 1 is 1.19 bits per heavy atom. The second-order valence-electron chi connectivity index (χ2n) is 6.85. The number of nitrogens with zero attached hydrogens (tertiary/aromatic N) is 1. The number of rotatable bonds is 10. The summed E-state index contributed by atoms with van der Waals surface area (Å²) in [7, 11) is 0.958. The number of aromatic nitrogens is 1. The van der Waals surface area contributed by atoms with Crippen LogP contribution < -0.4 is 0 Å². The third-order valence-electron chi connectivity index (χ3n) is 4.20. The first-order valence-corrected chi connectivity index (χ1v) is 13.6.